The summed E-state index contributed by atoms with van der Waals surface area (Å²) in [6.45, 7) is 9.12. The van der Waals surface area contributed by atoms with Crippen molar-refractivity contribution in [2.24, 2.45) is 5.92 Å². The second-order valence-electron chi connectivity index (χ2n) is 5.61. The van der Waals surface area contributed by atoms with Crippen molar-refractivity contribution in [3.05, 3.63) is 28.2 Å². The van der Waals surface area contributed by atoms with E-state index in [0.29, 0.717) is 19.0 Å². The molecule has 0 fully saturated rings. The standard InChI is InChI=1S/C16H26BrN3O/c1-5-19-16(21)11-20(4)15-8-14(17)7-6-13(15)10-18-9-12(2)3/h6-8,12,18H,5,9-11H2,1-4H3,(H,19,21). The molecule has 0 saturated carbocycles. The van der Waals surface area contributed by atoms with Gasteiger partial charge in [-0.2, -0.15) is 0 Å². The molecule has 2 N–H and O–H groups in total. The molecule has 0 atom stereocenters. The minimum atomic E-state index is 0.0427. The van der Waals surface area contributed by atoms with Gasteiger partial charge in [0.2, 0.25) is 5.91 Å². The molecule has 1 aromatic carbocycles. The zero-order chi connectivity index (χ0) is 15.8. The highest BCUT2D eigenvalue weighted by Crippen LogP contribution is 2.24. The molecule has 5 heteroatoms. The van der Waals surface area contributed by atoms with E-state index in [2.05, 4.69) is 52.5 Å². The zero-order valence-electron chi connectivity index (χ0n) is 13.4. The van der Waals surface area contributed by atoms with E-state index < -0.39 is 0 Å². The van der Waals surface area contributed by atoms with Gasteiger partial charge in [-0.25, -0.2) is 0 Å². The SMILES string of the molecule is CCNC(=O)CN(C)c1cc(Br)ccc1CNCC(C)C. The number of amides is 1. The molecule has 1 aromatic rings. The molecule has 0 heterocycles. The largest absolute Gasteiger partial charge is 0.365 e. The molecule has 0 radical (unpaired) electrons. The normalized spacial score (nSPS) is 10.8. The number of likely N-dealkylation sites (N-methyl/N-ethyl adjacent to an activating group) is 2. The van der Waals surface area contributed by atoms with E-state index in [-0.39, 0.29) is 5.91 Å². The van der Waals surface area contributed by atoms with Gasteiger partial charge in [-0.1, -0.05) is 35.8 Å². The second kappa shape index (κ2) is 9.05. The summed E-state index contributed by atoms with van der Waals surface area (Å²) >= 11 is 3.51. The second-order valence-corrected chi connectivity index (χ2v) is 6.52. The Morgan fingerprint density at radius 3 is 2.71 bits per heavy atom. The highest BCUT2D eigenvalue weighted by molar-refractivity contribution is 9.10. The molecular weight excluding hydrogens is 330 g/mol. The zero-order valence-corrected chi connectivity index (χ0v) is 15.0. The Labute approximate surface area is 136 Å². The number of hydrogen-bond donors (Lipinski definition) is 2. The Balaban J connectivity index is 2.78. The van der Waals surface area contributed by atoms with E-state index in [4.69, 9.17) is 0 Å². The molecule has 0 bridgehead atoms. The van der Waals surface area contributed by atoms with Gasteiger partial charge in [-0.15, -0.1) is 0 Å². The Morgan fingerprint density at radius 2 is 2.10 bits per heavy atom. The van der Waals surface area contributed by atoms with Crippen LogP contribution in [0.15, 0.2) is 22.7 Å². The number of hydrogen-bond acceptors (Lipinski definition) is 3. The first kappa shape index (κ1) is 18.0. The fourth-order valence-corrected chi connectivity index (χ4v) is 2.44. The minimum Gasteiger partial charge on any atom is -0.365 e. The number of halogens is 1. The van der Waals surface area contributed by atoms with Crippen LogP contribution >= 0.6 is 15.9 Å². The quantitative estimate of drug-likeness (QED) is 0.753. The van der Waals surface area contributed by atoms with Crippen molar-refractivity contribution in [2.75, 3.05) is 31.6 Å². The minimum absolute atomic E-state index is 0.0427. The third-order valence-corrected chi connectivity index (χ3v) is 3.57. The lowest BCUT2D eigenvalue weighted by atomic mass is 10.1. The van der Waals surface area contributed by atoms with Crippen molar-refractivity contribution in [3.8, 4) is 0 Å². The number of anilines is 1. The Kier molecular flexibility index (Phi) is 7.75. The van der Waals surface area contributed by atoms with Crippen molar-refractivity contribution in [2.45, 2.75) is 27.3 Å². The van der Waals surface area contributed by atoms with Crippen LogP contribution in [-0.2, 0) is 11.3 Å². The van der Waals surface area contributed by atoms with E-state index in [1.165, 1.54) is 5.56 Å². The summed E-state index contributed by atoms with van der Waals surface area (Å²) in [6.07, 6.45) is 0. The lowest BCUT2D eigenvalue weighted by Crippen LogP contribution is -2.35. The number of nitrogens with zero attached hydrogens (tertiary/aromatic N) is 1. The van der Waals surface area contributed by atoms with Crippen molar-refractivity contribution < 1.29 is 4.79 Å². The van der Waals surface area contributed by atoms with Gasteiger partial charge in [0.05, 0.1) is 6.54 Å². The van der Waals surface area contributed by atoms with Gasteiger partial charge in [0.25, 0.3) is 0 Å². The summed E-state index contributed by atoms with van der Waals surface area (Å²) in [6, 6.07) is 6.20. The Bertz CT molecular complexity index is 463. The smallest absolute Gasteiger partial charge is 0.239 e. The lowest BCUT2D eigenvalue weighted by Gasteiger charge is -2.23. The number of carbonyl (C=O) groups excluding carboxylic acids is 1. The lowest BCUT2D eigenvalue weighted by molar-refractivity contribution is -0.119. The molecule has 118 valence electrons. The predicted octanol–water partition coefficient (Wildman–Crippen LogP) is 2.77. The molecule has 1 rings (SSSR count). The number of benzene rings is 1. The van der Waals surface area contributed by atoms with Gasteiger partial charge in [-0.3, -0.25) is 4.79 Å². The van der Waals surface area contributed by atoms with E-state index in [9.17, 15) is 4.79 Å². The molecule has 0 aliphatic carbocycles. The molecule has 0 unspecified atom stereocenters. The van der Waals surface area contributed by atoms with Gasteiger partial charge in [0.1, 0.15) is 0 Å². The van der Waals surface area contributed by atoms with Gasteiger partial charge in [0.15, 0.2) is 0 Å². The van der Waals surface area contributed by atoms with Crippen LogP contribution in [0.2, 0.25) is 0 Å². The Morgan fingerprint density at radius 1 is 1.38 bits per heavy atom. The monoisotopic (exact) mass is 355 g/mol. The molecule has 0 aliphatic rings. The maximum atomic E-state index is 11.7. The highest BCUT2D eigenvalue weighted by Gasteiger charge is 2.11. The van der Waals surface area contributed by atoms with Crippen LogP contribution in [0.5, 0.6) is 0 Å². The maximum absolute atomic E-state index is 11.7. The van der Waals surface area contributed by atoms with Crippen LogP contribution in [0.1, 0.15) is 26.3 Å². The van der Waals surface area contributed by atoms with Crippen molar-refractivity contribution in [1.82, 2.24) is 10.6 Å². The molecule has 4 nitrogen and oxygen atoms in total. The average Bonchev–Trinajstić information content (AvgIpc) is 2.40. The first-order chi connectivity index (χ1) is 9.93. The van der Waals surface area contributed by atoms with E-state index in [0.717, 1.165) is 23.2 Å². The van der Waals surface area contributed by atoms with Gasteiger partial charge in [-0.05, 0) is 37.1 Å². The van der Waals surface area contributed by atoms with Crippen LogP contribution in [0.25, 0.3) is 0 Å². The van der Waals surface area contributed by atoms with Gasteiger partial charge < -0.3 is 15.5 Å². The van der Waals surface area contributed by atoms with E-state index in [1.54, 1.807) is 0 Å². The summed E-state index contributed by atoms with van der Waals surface area (Å²) in [5, 5.41) is 6.28. The number of nitrogens with one attached hydrogen (secondary N) is 2. The molecular formula is C16H26BrN3O. The van der Waals surface area contributed by atoms with Crippen LogP contribution in [0.4, 0.5) is 5.69 Å². The molecule has 21 heavy (non-hydrogen) atoms. The first-order valence-electron chi connectivity index (χ1n) is 7.41. The Hall–Kier alpha value is -1.07. The molecule has 0 spiro atoms. The third kappa shape index (κ3) is 6.48. The average molecular weight is 356 g/mol. The molecule has 0 aromatic heterocycles. The summed E-state index contributed by atoms with van der Waals surface area (Å²) in [7, 11) is 1.95. The van der Waals surface area contributed by atoms with E-state index in [1.807, 2.05) is 24.9 Å². The fourth-order valence-electron chi connectivity index (χ4n) is 2.09. The van der Waals surface area contributed by atoms with E-state index >= 15 is 0 Å². The highest BCUT2D eigenvalue weighted by atomic mass is 79.9. The summed E-state index contributed by atoms with van der Waals surface area (Å²) in [5.74, 6) is 0.665. The number of carbonyl (C=O) groups is 1. The molecule has 1 amide bonds. The van der Waals surface area contributed by atoms with Crippen molar-refractivity contribution >= 4 is 27.5 Å². The fraction of sp³-hybridized carbons (Fsp3) is 0.562. The van der Waals surface area contributed by atoms with Gasteiger partial charge >= 0.3 is 0 Å². The molecule has 0 aliphatic heterocycles. The van der Waals surface area contributed by atoms with Crippen molar-refractivity contribution in [1.29, 1.82) is 0 Å². The summed E-state index contributed by atoms with van der Waals surface area (Å²) in [4.78, 5) is 13.7. The van der Waals surface area contributed by atoms with Crippen LogP contribution < -0.4 is 15.5 Å². The number of rotatable bonds is 8. The van der Waals surface area contributed by atoms with Crippen LogP contribution in [-0.4, -0.2) is 32.6 Å². The third-order valence-electron chi connectivity index (χ3n) is 3.08. The van der Waals surface area contributed by atoms with Crippen LogP contribution in [0, 0.1) is 5.92 Å². The molecule has 0 saturated heterocycles. The topological polar surface area (TPSA) is 44.4 Å². The van der Waals surface area contributed by atoms with Gasteiger partial charge in [0, 0.05) is 30.3 Å². The van der Waals surface area contributed by atoms with Crippen molar-refractivity contribution in [3.63, 3.8) is 0 Å². The summed E-state index contributed by atoms with van der Waals surface area (Å²) in [5.41, 5.74) is 2.28. The predicted molar refractivity (Wildman–Crippen MR) is 92.6 cm³/mol. The van der Waals surface area contributed by atoms with Crippen LogP contribution in [0.3, 0.4) is 0 Å². The maximum Gasteiger partial charge on any atom is 0.239 e. The first-order valence-corrected chi connectivity index (χ1v) is 8.20. The summed E-state index contributed by atoms with van der Waals surface area (Å²) < 4.78 is 1.02.